The van der Waals surface area contributed by atoms with E-state index < -0.39 is 0 Å². The molecule has 0 saturated carbocycles. The number of ether oxygens (including phenoxy) is 1. The van der Waals surface area contributed by atoms with Gasteiger partial charge >= 0.3 is 0 Å². The highest BCUT2D eigenvalue weighted by Crippen LogP contribution is 2.33. The molecule has 3 heterocycles. The molecule has 0 spiro atoms. The summed E-state index contributed by atoms with van der Waals surface area (Å²) in [5, 5.41) is 13.0. The lowest BCUT2D eigenvalue weighted by molar-refractivity contribution is 0.296. The molecule has 0 aliphatic carbocycles. The molecule has 0 fully saturated rings. The molecule has 0 radical (unpaired) electrons. The van der Waals surface area contributed by atoms with Crippen LogP contribution >= 0.6 is 15.9 Å². The molecule has 0 N–H and O–H groups in total. The number of benzene rings is 1. The van der Waals surface area contributed by atoms with E-state index in [2.05, 4.69) is 52.1 Å². The van der Waals surface area contributed by atoms with Gasteiger partial charge in [0.1, 0.15) is 17.9 Å². The molecule has 6 nitrogen and oxygen atoms in total. The highest BCUT2D eigenvalue weighted by molar-refractivity contribution is 9.10. The first-order valence-electron chi connectivity index (χ1n) is 8.48. The molecule has 0 bridgehead atoms. The smallest absolute Gasteiger partial charge is 0.136 e. The fraction of sp³-hybridized carbons (Fsp3) is 0.316. The number of fused-ring (bicyclic) bond motifs is 2. The van der Waals surface area contributed by atoms with Crippen molar-refractivity contribution in [2.45, 2.75) is 33.9 Å². The summed E-state index contributed by atoms with van der Waals surface area (Å²) >= 11 is 3.63. The van der Waals surface area contributed by atoms with Gasteiger partial charge in [-0.1, -0.05) is 32.1 Å². The predicted molar refractivity (Wildman–Crippen MR) is 104 cm³/mol. The van der Waals surface area contributed by atoms with Crippen molar-refractivity contribution >= 4 is 32.5 Å². The van der Waals surface area contributed by atoms with Crippen LogP contribution in [0.2, 0.25) is 0 Å². The van der Waals surface area contributed by atoms with Gasteiger partial charge in [0.25, 0.3) is 0 Å². The van der Waals surface area contributed by atoms with Gasteiger partial charge in [0.05, 0.1) is 21.2 Å². The molecular weight excluding hydrogens is 394 g/mol. The molecule has 134 valence electrons. The Kier molecular flexibility index (Phi) is 4.19. The third kappa shape index (κ3) is 3.19. The van der Waals surface area contributed by atoms with Gasteiger partial charge in [-0.05, 0) is 51.7 Å². The predicted octanol–water partition coefficient (Wildman–Crippen LogP) is 4.47. The van der Waals surface area contributed by atoms with Gasteiger partial charge < -0.3 is 4.74 Å². The average molecular weight is 414 g/mol. The molecule has 0 unspecified atom stereocenters. The van der Waals surface area contributed by atoms with Crippen molar-refractivity contribution in [1.29, 1.82) is 0 Å². The molecule has 4 aromatic rings. The second-order valence-corrected chi connectivity index (χ2v) is 8.32. The first-order chi connectivity index (χ1) is 12.4. The Balaban J connectivity index is 1.61. The van der Waals surface area contributed by atoms with Gasteiger partial charge in [0, 0.05) is 12.7 Å². The quantitative estimate of drug-likeness (QED) is 0.495. The second-order valence-electron chi connectivity index (χ2n) is 7.53. The molecule has 7 heteroatoms. The number of halogens is 1. The fourth-order valence-electron chi connectivity index (χ4n) is 2.93. The monoisotopic (exact) mass is 413 g/mol. The Hall–Kier alpha value is -2.41. The zero-order valence-electron chi connectivity index (χ0n) is 15.0. The Morgan fingerprint density at radius 1 is 1.12 bits per heavy atom. The number of rotatable bonds is 4. The molecule has 0 amide bonds. The van der Waals surface area contributed by atoms with Crippen molar-refractivity contribution < 1.29 is 4.74 Å². The SMILES string of the molecule is CC(C)(C)Cn1nnc2c(Br)c(OCc3cccc4ccnn34)ccc21. The van der Waals surface area contributed by atoms with Crippen LogP contribution in [0.15, 0.2) is 47.1 Å². The van der Waals surface area contributed by atoms with Crippen LogP contribution in [0.4, 0.5) is 0 Å². The number of aromatic nitrogens is 5. The standard InChI is InChI=1S/C19H20BrN5O/c1-19(2,3)12-24-15-7-8-16(17(20)18(15)22-23-24)26-11-14-6-4-5-13-9-10-21-25(13)14/h4-10H,11-12H2,1-3H3. The van der Waals surface area contributed by atoms with Gasteiger partial charge in [0.15, 0.2) is 0 Å². The van der Waals surface area contributed by atoms with E-state index in [9.17, 15) is 0 Å². The molecule has 0 atom stereocenters. The summed E-state index contributed by atoms with van der Waals surface area (Å²) in [6.07, 6.45) is 1.79. The Morgan fingerprint density at radius 3 is 2.77 bits per heavy atom. The largest absolute Gasteiger partial charge is 0.486 e. The summed E-state index contributed by atoms with van der Waals surface area (Å²) in [5.74, 6) is 0.740. The normalized spacial score (nSPS) is 12.2. The average Bonchev–Trinajstić information content (AvgIpc) is 3.20. The van der Waals surface area contributed by atoms with Gasteiger partial charge in [-0.2, -0.15) is 5.10 Å². The van der Waals surface area contributed by atoms with E-state index in [-0.39, 0.29) is 5.41 Å². The van der Waals surface area contributed by atoms with E-state index in [0.29, 0.717) is 6.61 Å². The topological polar surface area (TPSA) is 57.2 Å². The summed E-state index contributed by atoms with van der Waals surface area (Å²) in [6.45, 7) is 7.77. The van der Waals surface area contributed by atoms with Gasteiger partial charge in [-0.25, -0.2) is 9.20 Å². The summed E-state index contributed by atoms with van der Waals surface area (Å²) in [7, 11) is 0. The van der Waals surface area contributed by atoms with Crippen LogP contribution in [0.1, 0.15) is 26.5 Å². The summed E-state index contributed by atoms with van der Waals surface area (Å²) in [6, 6.07) is 12.0. The minimum atomic E-state index is 0.130. The Labute approximate surface area is 159 Å². The highest BCUT2D eigenvalue weighted by atomic mass is 79.9. The van der Waals surface area contributed by atoms with Crippen molar-refractivity contribution in [1.82, 2.24) is 24.6 Å². The van der Waals surface area contributed by atoms with Crippen molar-refractivity contribution in [2.75, 3.05) is 0 Å². The van der Waals surface area contributed by atoms with Crippen molar-refractivity contribution in [3.8, 4) is 5.75 Å². The highest BCUT2D eigenvalue weighted by Gasteiger charge is 2.17. The zero-order chi connectivity index (χ0) is 18.3. The minimum Gasteiger partial charge on any atom is -0.486 e. The van der Waals surface area contributed by atoms with Crippen LogP contribution in [0, 0.1) is 5.41 Å². The third-order valence-electron chi connectivity index (χ3n) is 4.09. The van der Waals surface area contributed by atoms with Gasteiger partial charge in [-0.15, -0.1) is 5.10 Å². The summed E-state index contributed by atoms with van der Waals surface area (Å²) < 4.78 is 10.7. The Bertz CT molecular complexity index is 1080. The third-order valence-corrected chi connectivity index (χ3v) is 4.86. The van der Waals surface area contributed by atoms with Crippen LogP contribution in [-0.4, -0.2) is 24.6 Å². The fourth-order valence-corrected chi connectivity index (χ4v) is 3.46. The lowest BCUT2D eigenvalue weighted by Gasteiger charge is -2.18. The number of pyridine rings is 1. The van der Waals surface area contributed by atoms with Crippen LogP contribution < -0.4 is 4.74 Å². The van der Waals surface area contributed by atoms with E-state index in [4.69, 9.17) is 4.74 Å². The summed E-state index contributed by atoms with van der Waals surface area (Å²) in [5.41, 5.74) is 3.96. The van der Waals surface area contributed by atoms with Gasteiger partial charge in [-0.3, -0.25) is 0 Å². The maximum absolute atomic E-state index is 6.03. The Morgan fingerprint density at radius 2 is 1.96 bits per heavy atom. The number of nitrogens with zero attached hydrogens (tertiary/aromatic N) is 5. The van der Waals surface area contributed by atoms with Crippen molar-refractivity contribution in [3.63, 3.8) is 0 Å². The van der Waals surface area contributed by atoms with Crippen LogP contribution in [-0.2, 0) is 13.2 Å². The number of hydrogen-bond acceptors (Lipinski definition) is 4. The molecule has 26 heavy (non-hydrogen) atoms. The van der Waals surface area contributed by atoms with Crippen LogP contribution in [0.5, 0.6) is 5.75 Å². The zero-order valence-corrected chi connectivity index (χ0v) is 16.6. The van der Waals surface area contributed by atoms with E-state index >= 15 is 0 Å². The van der Waals surface area contributed by atoms with Gasteiger partial charge in [0.2, 0.25) is 0 Å². The minimum absolute atomic E-state index is 0.130. The van der Waals surface area contributed by atoms with Crippen LogP contribution in [0.25, 0.3) is 16.6 Å². The van der Waals surface area contributed by atoms with Crippen LogP contribution in [0.3, 0.4) is 0 Å². The second kappa shape index (κ2) is 6.39. The maximum Gasteiger partial charge on any atom is 0.136 e. The first-order valence-corrected chi connectivity index (χ1v) is 9.28. The summed E-state index contributed by atoms with van der Waals surface area (Å²) in [4.78, 5) is 0. The number of hydrogen-bond donors (Lipinski definition) is 0. The molecule has 0 saturated heterocycles. The first kappa shape index (κ1) is 17.0. The van der Waals surface area contributed by atoms with E-state index in [1.807, 2.05) is 45.6 Å². The van der Waals surface area contributed by atoms with E-state index in [1.165, 1.54) is 0 Å². The molecule has 0 aliphatic heterocycles. The molecular formula is C19H20BrN5O. The molecule has 4 rings (SSSR count). The van der Waals surface area contributed by atoms with Crippen molar-refractivity contribution in [3.05, 3.63) is 52.8 Å². The lowest BCUT2D eigenvalue weighted by Crippen LogP contribution is -2.16. The molecule has 1 aromatic carbocycles. The van der Waals surface area contributed by atoms with Crippen molar-refractivity contribution in [2.24, 2.45) is 5.41 Å². The lowest BCUT2D eigenvalue weighted by atomic mass is 9.97. The van der Waals surface area contributed by atoms with E-state index in [1.54, 1.807) is 6.20 Å². The van der Waals surface area contributed by atoms with E-state index in [0.717, 1.165) is 39.0 Å². The molecule has 0 aliphatic rings. The molecule has 3 aromatic heterocycles. The maximum atomic E-state index is 6.03.